The number of hydrogen-bond donors (Lipinski definition) is 1. The Morgan fingerprint density at radius 3 is 2.33 bits per heavy atom. The molecule has 2 aliphatic rings. The van der Waals surface area contributed by atoms with E-state index in [0.717, 1.165) is 25.7 Å². The molecule has 15 heavy (non-hydrogen) atoms. The number of halogens is 2. The van der Waals surface area contributed by atoms with Crippen LogP contribution in [-0.4, -0.2) is 5.54 Å². The van der Waals surface area contributed by atoms with Crippen LogP contribution in [-0.2, 0) is 5.41 Å². The third-order valence-electron chi connectivity index (χ3n) is 3.93. The standard InChI is InChI=1S/C12H13ClFN/c13-8-2-1-3-9(14)10(8)11(4-5-11)12(15)6-7-12/h1-3H,4-7,15H2. The molecule has 1 aromatic rings. The molecule has 2 N–H and O–H groups in total. The van der Waals surface area contributed by atoms with Gasteiger partial charge < -0.3 is 5.73 Å². The van der Waals surface area contributed by atoms with Crippen molar-refractivity contribution in [2.24, 2.45) is 5.73 Å². The lowest BCUT2D eigenvalue weighted by atomic mass is 9.86. The van der Waals surface area contributed by atoms with Gasteiger partial charge in [-0.25, -0.2) is 4.39 Å². The first-order valence-corrected chi connectivity index (χ1v) is 5.70. The summed E-state index contributed by atoms with van der Waals surface area (Å²) in [6.45, 7) is 0. The normalized spacial score (nSPS) is 25.0. The van der Waals surface area contributed by atoms with Gasteiger partial charge in [-0.2, -0.15) is 0 Å². The number of rotatable bonds is 2. The quantitative estimate of drug-likeness (QED) is 0.823. The van der Waals surface area contributed by atoms with E-state index in [-0.39, 0.29) is 16.8 Å². The smallest absolute Gasteiger partial charge is 0.128 e. The van der Waals surface area contributed by atoms with Crippen LogP contribution >= 0.6 is 11.6 Å². The maximum atomic E-state index is 13.8. The van der Waals surface area contributed by atoms with Crippen molar-refractivity contribution in [3.05, 3.63) is 34.6 Å². The Balaban J connectivity index is 2.13. The second-order valence-electron chi connectivity index (χ2n) is 4.83. The first kappa shape index (κ1) is 9.61. The maximum Gasteiger partial charge on any atom is 0.128 e. The minimum absolute atomic E-state index is 0.157. The van der Waals surface area contributed by atoms with Crippen molar-refractivity contribution in [3.63, 3.8) is 0 Å². The zero-order valence-electron chi connectivity index (χ0n) is 8.39. The zero-order valence-corrected chi connectivity index (χ0v) is 9.15. The van der Waals surface area contributed by atoms with Gasteiger partial charge in [0.25, 0.3) is 0 Å². The Hall–Kier alpha value is -0.600. The zero-order chi connectivity index (χ0) is 10.7. The molecule has 0 atom stereocenters. The van der Waals surface area contributed by atoms with Crippen LogP contribution in [0.4, 0.5) is 4.39 Å². The van der Waals surface area contributed by atoms with Gasteiger partial charge in [-0.05, 0) is 37.8 Å². The van der Waals surface area contributed by atoms with Gasteiger partial charge in [-0.15, -0.1) is 0 Å². The molecule has 0 bridgehead atoms. The summed E-state index contributed by atoms with van der Waals surface area (Å²) in [6, 6.07) is 4.88. The van der Waals surface area contributed by atoms with Gasteiger partial charge in [0.2, 0.25) is 0 Å². The second kappa shape index (κ2) is 2.74. The fourth-order valence-corrected chi connectivity index (χ4v) is 3.03. The highest BCUT2D eigenvalue weighted by molar-refractivity contribution is 6.31. The van der Waals surface area contributed by atoms with E-state index in [4.69, 9.17) is 17.3 Å². The molecule has 0 unspecified atom stereocenters. The monoisotopic (exact) mass is 225 g/mol. The third kappa shape index (κ3) is 1.18. The fraction of sp³-hybridized carbons (Fsp3) is 0.500. The van der Waals surface area contributed by atoms with Gasteiger partial charge in [0.15, 0.2) is 0 Å². The molecule has 0 heterocycles. The lowest BCUT2D eigenvalue weighted by molar-refractivity contribution is 0.474. The molecule has 0 spiro atoms. The molecule has 0 amide bonds. The molecule has 3 rings (SSSR count). The van der Waals surface area contributed by atoms with E-state index in [9.17, 15) is 4.39 Å². The topological polar surface area (TPSA) is 26.0 Å². The molecular formula is C12H13ClFN. The molecule has 2 fully saturated rings. The SMILES string of the molecule is NC1(C2(c3c(F)cccc3Cl)CC2)CC1. The highest BCUT2D eigenvalue weighted by atomic mass is 35.5. The first-order valence-electron chi connectivity index (χ1n) is 5.32. The largest absolute Gasteiger partial charge is 0.324 e. The molecule has 0 radical (unpaired) electrons. The van der Waals surface area contributed by atoms with Crippen LogP contribution in [0, 0.1) is 5.82 Å². The Labute approximate surface area is 93.4 Å². The summed E-state index contributed by atoms with van der Waals surface area (Å²) < 4.78 is 13.8. The fourth-order valence-electron chi connectivity index (χ4n) is 2.69. The predicted octanol–water partition coefficient (Wildman–Crippen LogP) is 3.00. The van der Waals surface area contributed by atoms with Crippen molar-refractivity contribution in [1.29, 1.82) is 0 Å². The summed E-state index contributed by atoms with van der Waals surface area (Å²) in [5.41, 5.74) is 6.55. The van der Waals surface area contributed by atoms with E-state index in [1.165, 1.54) is 6.07 Å². The summed E-state index contributed by atoms with van der Waals surface area (Å²) in [6.07, 6.45) is 3.95. The van der Waals surface area contributed by atoms with Gasteiger partial charge in [-0.1, -0.05) is 17.7 Å². The van der Waals surface area contributed by atoms with Crippen LogP contribution in [0.1, 0.15) is 31.2 Å². The number of nitrogens with two attached hydrogens (primary N) is 1. The molecule has 0 aromatic heterocycles. The second-order valence-corrected chi connectivity index (χ2v) is 5.24. The van der Waals surface area contributed by atoms with Gasteiger partial charge in [0, 0.05) is 21.5 Å². The number of benzene rings is 1. The highest BCUT2D eigenvalue weighted by Gasteiger charge is 2.65. The van der Waals surface area contributed by atoms with Crippen LogP contribution in [0.3, 0.4) is 0 Å². The van der Waals surface area contributed by atoms with Crippen molar-refractivity contribution in [1.82, 2.24) is 0 Å². The summed E-state index contributed by atoms with van der Waals surface area (Å²) in [7, 11) is 0. The molecule has 2 aliphatic carbocycles. The van der Waals surface area contributed by atoms with Crippen LogP contribution in [0.25, 0.3) is 0 Å². The summed E-state index contributed by atoms with van der Waals surface area (Å²) in [5.74, 6) is -0.197. The van der Waals surface area contributed by atoms with E-state index in [0.29, 0.717) is 10.6 Å². The minimum Gasteiger partial charge on any atom is -0.324 e. The lowest BCUT2D eigenvalue weighted by Gasteiger charge is -2.24. The van der Waals surface area contributed by atoms with Crippen molar-refractivity contribution < 1.29 is 4.39 Å². The molecule has 1 nitrogen and oxygen atoms in total. The van der Waals surface area contributed by atoms with Gasteiger partial charge in [0.1, 0.15) is 5.82 Å². The van der Waals surface area contributed by atoms with Crippen LogP contribution in [0.5, 0.6) is 0 Å². The predicted molar refractivity (Wildman–Crippen MR) is 58.5 cm³/mol. The van der Waals surface area contributed by atoms with Crippen LogP contribution in [0.15, 0.2) is 18.2 Å². The van der Waals surface area contributed by atoms with Gasteiger partial charge in [0.05, 0.1) is 0 Å². The van der Waals surface area contributed by atoms with E-state index >= 15 is 0 Å². The minimum atomic E-state index is -0.197. The lowest BCUT2D eigenvalue weighted by Crippen LogP contribution is -2.38. The maximum absolute atomic E-state index is 13.8. The van der Waals surface area contributed by atoms with E-state index in [1.54, 1.807) is 12.1 Å². The van der Waals surface area contributed by atoms with Gasteiger partial charge >= 0.3 is 0 Å². The molecule has 0 aliphatic heterocycles. The number of hydrogen-bond acceptors (Lipinski definition) is 1. The molecular weight excluding hydrogens is 213 g/mol. The van der Waals surface area contributed by atoms with Crippen molar-refractivity contribution in [2.75, 3.05) is 0 Å². The van der Waals surface area contributed by atoms with E-state index < -0.39 is 0 Å². The molecule has 1 aromatic carbocycles. The molecule has 80 valence electrons. The third-order valence-corrected chi connectivity index (χ3v) is 4.25. The Kier molecular flexibility index (Phi) is 1.76. The first-order chi connectivity index (χ1) is 7.09. The van der Waals surface area contributed by atoms with Crippen LogP contribution in [0.2, 0.25) is 5.02 Å². The highest BCUT2D eigenvalue weighted by Crippen LogP contribution is 2.65. The van der Waals surface area contributed by atoms with E-state index in [1.807, 2.05) is 0 Å². The molecule has 2 saturated carbocycles. The average Bonchev–Trinajstić information content (AvgIpc) is 3.02. The van der Waals surface area contributed by atoms with Gasteiger partial charge in [-0.3, -0.25) is 0 Å². The Morgan fingerprint density at radius 1 is 1.20 bits per heavy atom. The molecule has 3 heteroatoms. The van der Waals surface area contributed by atoms with Crippen LogP contribution < -0.4 is 5.73 Å². The Morgan fingerprint density at radius 2 is 1.87 bits per heavy atom. The average molecular weight is 226 g/mol. The summed E-state index contributed by atoms with van der Waals surface area (Å²) >= 11 is 6.09. The summed E-state index contributed by atoms with van der Waals surface area (Å²) in [4.78, 5) is 0. The summed E-state index contributed by atoms with van der Waals surface area (Å²) in [5, 5.41) is 0.532. The van der Waals surface area contributed by atoms with Crippen molar-refractivity contribution in [2.45, 2.75) is 36.6 Å². The Bertz CT molecular complexity index is 401. The van der Waals surface area contributed by atoms with E-state index in [2.05, 4.69) is 0 Å². The van der Waals surface area contributed by atoms with Crippen molar-refractivity contribution in [3.8, 4) is 0 Å². The molecule has 0 saturated heterocycles. The van der Waals surface area contributed by atoms with Crippen molar-refractivity contribution >= 4 is 11.6 Å².